The third-order valence-corrected chi connectivity index (χ3v) is 3.08. The maximum absolute atomic E-state index is 12.1. The van der Waals surface area contributed by atoms with Crippen LogP contribution in [0.4, 0.5) is 5.69 Å². The van der Waals surface area contributed by atoms with Gasteiger partial charge in [0.15, 0.2) is 0 Å². The number of carbonyl (C=O) groups excluding carboxylic acids is 1. The van der Waals surface area contributed by atoms with E-state index in [9.17, 15) is 4.79 Å². The van der Waals surface area contributed by atoms with Gasteiger partial charge in [-0.05, 0) is 31.4 Å². The molecule has 92 valence electrons. The van der Waals surface area contributed by atoms with Crippen LogP contribution < -0.4 is 4.90 Å². The Morgan fingerprint density at radius 1 is 1.41 bits per heavy atom. The van der Waals surface area contributed by atoms with Crippen molar-refractivity contribution in [3.63, 3.8) is 0 Å². The number of aryl methyl sites for hydroxylation is 1. The topological polar surface area (TPSA) is 29.5 Å². The summed E-state index contributed by atoms with van der Waals surface area (Å²) in [5, 5.41) is 0. The Kier molecular flexibility index (Phi) is 4.15. The fourth-order valence-electron chi connectivity index (χ4n) is 2.23. The summed E-state index contributed by atoms with van der Waals surface area (Å²) in [5.41, 5.74) is 2.36. The Bertz CT molecular complexity index is 390. The first-order valence-corrected chi connectivity index (χ1v) is 6.29. The van der Waals surface area contributed by atoms with Crippen molar-refractivity contribution in [3.05, 3.63) is 29.8 Å². The lowest BCUT2D eigenvalue weighted by molar-refractivity contribution is -0.119. The Morgan fingerprint density at radius 2 is 2.24 bits per heavy atom. The van der Waals surface area contributed by atoms with Gasteiger partial charge in [0.05, 0.1) is 13.0 Å². The van der Waals surface area contributed by atoms with Gasteiger partial charge >= 0.3 is 0 Å². The van der Waals surface area contributed by atoms with Gasteiger partial charge in [-0.15, -0.1) is 0 Å². The molecule has 1 aliphatic heterocycles. The van der Waals surface area contributed by atoms with Crippen molar-refractivity contribution in [2.24, 2.45) is 0 Å². The molecular weight excluding hydrogens is 214 g/mol. The molecule has 0 unspecified atom stereocenters. The van der Waals surface area contributed by atoms with Gasteiger partial charge in [-0.3, -0.25) is 4.79 Å². The number of ether oxygens (including phenoxy) is 1. The lowest BCUT2D eigenvalue weighted by Gasteiger charge is -2.29. The van der Waals surface area contributed by atoms with E-state index >= 15 is 0 Å². The lowest BCUT2D eigenvalue weighted by atomic mass is 10.0. The second kappa shape index (κ2) is 5.82. The highest BCUT2D eigenvalue weighted by atomic mass is 16.5. The van der Waals surface area contributed by atoms with Crippen molar-refractivity contribution in [2.45, 2.75) is 26.2 Å². The van der Waals surface area contributed by atoms with E-state index in [0.717, 1.165) is 25.1 Å². The third kappa shape index (κ3) is 2.86. The smallest absolute Gasteiger partial charge is 0.229 e. The van der Waals surface area contributed by atoms with Gasteiger partial charge in [0.1, 0.15) is 0 Å². The van der Waals surface area contributed by atoms with E-state index < -0.39 is 0 Å². The average molecular weight is 233 g/mol. The van der Waals surface area contributed by atoms with Crippen molar-refractivity contribution in [2.75, 3.05) is 24.7 Å². The Morgan fingerprint density at radius 3 is 3.06 bits per heavy atom. The molecule has 3 nitrogen and oxygen atoms in total. The molecule has 0 saturated carbocycles. The zero-order valence-corrected chi connectivity index (χ0v) is 10.3. The van der Waals surface area contributed by atoms with E-state index in [1.165, 1.54) is 5.56 Å². The zero-order chi connectivity index (χ0) is 12.1. The number of amides is 1. The quantitative estimate of drug-likeness (QED) is 0.747. The van der Waals surface area contributed by atoms with Crippen molar-refractivity contribution >= 4 is 11.6 Å². The summed E-state index contributed by atoms with van der Waals surface area (Å²) >= 11 is 0. The maximum atomic E-state index is 12.1. The maximum Gasteiger partial charge on any atom is 0.229 e. The highest BCUT2D eigenvalue weighted by molar-refractivity contribution is 5.94. The van der Waals surface area contributed by atoms with Gasteiger partial charge in [0.2, 0.25) is 5.91 Å². The van der Waals surface area contributed by atoms with Crippen LogP contribution in [0.15, 0.2) is 24.3 Å². The van der Waals surface area contributed by atoms with Crippen molar-refractivity contribution in [3.8, 4) is 0 Å². The predicted molar refractivity (Wildman–Crippen MR) is 68.2 cm³/mol. The van der Waals surface area contributed by atoms with Crippen LogP contribution in [-0.2, 0) is 16.0 Å². The molecule has 1 aliphatic rings. The third-order valence-electron chi connectivity index (χ3n) is 3.08. The second-order valence-electron chi connectivity index (χ2n) is 4.22. The summed E-state index contributed by atoms with van der Waals surface area (Å²) < 4.78 is 5.24. The largest absolute Gasteiger partial charge is 0.381 e. The fraction of sp³-hybridized carbons (Fsp3) is 0.500. The minimum absolute atomic E-state index is 0.172. The van der Waals surface area contributed by atoms with Crippen molar-refractivity contribution in [1.29, 1.82) is 0 Å². The number of carbonyl (C=O) groups is 1. The van der Waals surface area contributed by atoms with Gasteiger partial charge in [-0.25, -0.2) is 0 Å². The van der Waals surface area contributed by atoms with E-state index in [4.69, 9.17) is 4.74 Å². The van der Waals surface area contributed by atoms with E-state index in [-0.39, 0.29) is 5.91 Å². The average Bonchev–Trinajstić information content (AvgIpc) is 2.38. The summed E-state index contributed by atoms with van der Waals surface area (Å²) in [5.74, 6) is 0.172. The Balaban J connectivity index is 2.05. The molecule has 0 aliphatic carbocycles. The molecular formula is C14H19NO2. The molecule has 2 rings (SSSR count). The van der Waals surface area contributed by atoms with Crippen LogP contribution in [-0.4, -0.2) is 25.7 Å². The van der Waals surface area contributed by atoms with Gasteiger partial charge in [-0.2, -0.15) is 0 Å². The molecule has 0 spiro atoms. The molecule has 1 amide bonds. The summed E-state index contributed by atoms with van der Waals surface area (Å²) in [4.78, 5) is 14.0. The van der Waals surface area contributed by atoms with Crippen LogP contribution in [0.5, 0.6) is 0 Å². The first kappa shape index (κ1) is 12.1. The number of anilines is 1. The minimum Gasteiger partial charge on any atom is -0.381 e. The van der Waals surface area contributed by atoms with Gasteiger partial charge < -0.3 is 9.64 Å². The number of hydrogen-bond acceptors (Lipinski definition) is 2. The number of fused-ring (bicyclic) bond motifs is 1. The first-order chi connectivity index (χ1) is 8.33. The summed E-state index contributed by atoms with van der Waals surface area (Å²) in [6.07, 6.45) is 2.60. The molecule has 0 fully saturated rings. The molecule has 3 heteroatoms. The van der Waals surface area contributed by atoms with E-state index in [0.29, 0.717) is 19.6 Å². The number of benzene rings is 1. The SMILES string of the molecule is CCOCCC(=O)N1CCCc2ccccc21. The first-order valence-electron chi connectivity index (χ1n) is 6.29. The zero-order valence-electron chi connectivity index (χ0n) is 10.3. The van der Waals surface area contributed by atoms with Crippen LogP contribution in [0.25, 0.3) is 0 Å². The normalized spacial score (nSPS) is 14.5. The molecule has 0 aromatic heterocycles. The monoisotopic (exact) mass is 233 g/mol. The fourth-order valence-corrected chi connectivity index (χ4v) is 2.23. The standard InChI is InChI=1S/C14H19NO2/c1-2-17-11-9-14(16)15-10-5-7-12-6-3-4-8-13(12)15/h3-4,6,8H,2,5,7,9-11H2,1H3. The molecule has 17 heavy (non-hydrogen) atoms. The molecule has 0 N–H and O–H groups in total. The molecule has 1 heterocycles. The highest BCUT2D eigenvalue weighted by Crippen LogP contribution is 2.26. The van der Waals surface area contributed by atoms with E-state index in [2.05, 4.69) is 6.07 Å². The summed E-state index contributed by atoms with van der Waals surface area (Å²) in [6.45, 7) is 3.97. The van der Waals surface area contributed by atoms with Crippen LogP contribution in [0.3, 0.4) is 0 Å². The van der Waals surface area contributed by atoms with Crippen LogP contribution in [0.2, 0.25) is 0 Å². The van der Waals surface area contributed by atoms with Gasteiger partial charge in [-0.1, -0.05) is 18.2 Å². The van der Waals surface area contributed by atoms with Crippen molar-refractivity contribution < 1.29 is 9.53 Å². The second-order valence-corrected chi connectivity index (χ2v) is 4.22. The molecule has 0 saturated heterocycles. The predicted octanol–water partition coefficient (Wildman–Crippen LogP) is 2.39. The van der Waals surface area contributed by atoms with E-state index in [1.807, 2.05) is 30.0 Å². The number of hydrogen-bond donors (Lipinski definition) is 0. The summed E-state index contributed by atoms with van der Waals surface area (Å²) in [7, 11) is 0. The van der Waals surface area contributed by atoms with Crippen LogP contribution in [0.1, 0.15) is 25.3 Å². The number of rotatable bonds is 4. The number of para-hydroxylation sites is 1. The van der Waals surface area contributed by atoms with E-state index in [1.54, 1.807) is 0 Å². The lowest BCUT2D eigenvalue weighted by Crippen LogP contribution is -2.35. The molecule has 0 atom stereocenters. The van der Waals surface area contributed by atoms with Gasteiger partial charge in [0.25, 0.3) is 0 Å². The van der Waals surface area contributed by atoms with Crippen molar-refractivity contribution in [1.82, 2.24) is 0 Å². The summed E-state index contributed by atoms with van der Waals surface area (Å²) in [6, 6.07) is 8.17. The highest BCUT2D eigenvalue weighted by Gasteiger charge is 2.21. The molecule has 0 bridgehead atoms. The number of nitrogens with zero attached hydrogens (tertiary/aromatic N) is 1. The van der Waals surface area contributed by atoms with Gasteiger partial charge in [0, 0.05) is 18.8 Å². The Hall–Kier alpha value is -1.35. The van der Waals surface area contributed by atoms with Crippen LogP contribution in [0, 0.1) is 0 Å². The molecule has 1 aromatic carbocycles. The Labute approximate surface area is 102 Å². The molecule has 1 aromatic rings. The minimum atomic E-state index is 0.172. The molecule has 0 radical (unpaired) electrons. The van der Waals surface area contributed by atoms with Crippen LogP contribution >= 0.6 is 0 Å².